The second kappa shape index (κ2) is 3.84. The van der Waals surface area contributed by atoms with E-state index in [1.165, 1.54) is 0 Å². The molecule has 0 spiro atoms. The van der Waals surface area contributed by atoms with Crippen molar-refractivity contribution in [2.75, 3.05) is 0 Å². The molecular weight excluding hydrogens is 204 g/mol. The SMILES string of the molecule is OC1(OCc2ccccc2)CCCC2OC21. The average molecular weight is 220 g/mol. The highest BCUT2D eigenvalue weighted by Gasteiger charge is 2.57. The van der Waals surface area contributed by atoms with E-state index in [0.717, 1.165) is 18.4 Å². The lowest BCUT2D eigenvalue weighted by molar-refractivity contribution is -0.229. The number of hydrogen-bond donors (Lipinski definition) is 1. The summed E-state index contributed by atoms with van der Waals surface area (Å²) < 4.78 is 11.0. The lowest BCUT2D eigenvalue weighted by Crippen LogP contribution is -2.41. The third-order valence-electron chi connectivity index (χ3n) is 3.38. The fraction of sp³-hybridized carbons (Fsp3) is 0.538. The highest BCUT2D eigenvalue weighted by Crippen LogP contribution is 2.44. The average Bonchev–Trinajstić information content (AvgIpc) is 3.09. The van der Waals surface area contributed by atoms with Gasteiger partial charge in [0.05, 0.1) is 12.7 Å². The summed E-state index contributed by atoms with van der Waals surface area (Å²) in [5, 5.41) is 10.3. The zero-order chi connectivity index (χ0) is 11.0. The fourth-order valence-electron chi connectivity index (χ4n) is 2.39. The Hall–Kier alpha value is -0.900. The molecule has 0 aromatic heterocycles. The van der Waals surface area contributed by atoms with Crippen molar-refractivity contribution < 1.29 is 14.6 Å². The van der Waals surface area contributed by atoms with Crippen LogP contribution in [0.25, 0.3) is 0 Å². The maximum absolute atomic E-state index is 10.3. The molecule has 1 N–H and O–H groups in total. The molecule has 2 aliphatic rings. The molecule has 0 bridgehead atoms. The molecule has 1 aliphatic carbocycles. The van der Waals surface area contributed by atoms with Crippen molar-refractivity contribution in [2.24, 2.45) is 0 Å². The Morgan fingerprint density at radius 2 is 2.19 bits per heavy atom. The number of fused-ring (bicyclic) bond motifs is 1. The summed E-state index contributed by atoms with van der Waals surface area (Å²) in [5.74, 6) is -1.06. The molecule has 1 saturated carbocycles. The Morgan fingerprint density at radius 3 is 3.00 bits per heavy atom. The van der Waals surface area contributed by atoms with E-state index in [1.807, 2.05) is 30.3 Å². The molecule has 1 heterocycles. The second-order valence-corrected chi connectivity index (χ2v) is 4.61. The minimum atomic E-state index is -1.06. The minimum Gasteiger partial charge on any atom is -0.364 e. The highest BCUT2D eigenvalue weighted by atomic mass is 16.7. The van der Waals surface area contributed by atoms with Gasteiger partial charge in [-0.15, -0.1) is 0 Å². The van der Waals surface area contributed by atoms with E-state index in [0.29, 0.717) is 13.0 Å². The molecular formula is C13H16O3. The molecule has 3 unspecified atom stereocenters. The first-order valence-corrected chi connectivity index (χ1v) is 5.84. The van der Waals surface area contributed by atoms with E-state index in [9.17, 15) is 5.11 Å². The summed E-state index contributed by atoms with van der Waals surface area (Å²) in [6.45, 7) is 0.448. The van der Waals surface area contributed by atoms with Crippen molar-refractivity contribution in [1.82, 2.24) is 0 Å². The number of epoxide rings is 1. The van der Waals surface area contributed by atoms with Crippen LogP contribution >= 0.6 is 0 Å². The summed E-state index contributed by atoms with van der Waals surface area (Å²) >= 11 is 0. The van der Waals surface area contributed by atoms with E-state index in [-0.39, 0.29) is 12.2 Å². The predicted octanol–water partition coefficient (Wildman–Crippen LogP) is 1.84. The van der Waals surface area contributed by atoms with Crippen LogP contribution in [0.1, 0.15) is 24.8 Å². The van der Waals surface area contributed by atoms with E-state index < -0.39 is 5.79 Å². The topological polar surface area (TPSA) is 42.0 Å². The minimum absolute atomic E-state index is 0.0926. The molecule has 1 aromatic rings. The number of rotatable bonds is 3. The number of hydrogen-bond acceptors (Lipinski definition) is 3. The Bertz CT molecular complexity index is 365. The normalized spacial score (nSPS) is 36.8. The maximum atomic E-state index is 10.3. The molecule has 3 heteroatoms. The van der Waals surface area contributed by atoms with E-state index in [2.05, 4.69) is 0 Å². The lowest BCUT2D eigenvalue weighted by atomic mass is 9.94. The van der Waals surface area contributed by atoms with Crippen molar-refractivity contribution in [3.05, 3.63) is 35.9 Å². The standard InChI is InChI=1S/C13H16O3/c14-13(8-4-7-11-12(13)16-11)15-9-10-5-2-1-3-6-10/h1-3,5-6,11-12,14H,4,7-9H2. The van der Waals surface area contributed by atoms with Gasteiger partial charge < -0.3 is 14.6 Å². The second-order valence-electron chi connectivity index (χ2n) is 4.61. The van der Waals surface area contributed by atoms with Crippen LogP contribution in [0.2, 0.25) is 0 Å². The van der Waals surface area contributed by atoms with Gasteiger partial charge in [-0.2, -0.15) is 0 Å². The van der Waals surface area contributed by atoms with Crippen LogP contribution in [0.15, 0.2) is 30.3 Å². The zero-order valence-corrected chi connectivity index (χ0v) is 9.13. The molecule has 16 heavy (non-hydrogen) atoms. The molecule has 86 valence electrons. The van der Waals surface area contributed by atoms with Crippen molar-refractivity contribution in [1.29, 1.82) is 0 Å². The van der Waals surface area contributed by atoms with Gasteiger partial charge in [0.1, 0.15) is 6.10 Å². The summed E-state index contributed by atoms with van der Waals surface area (Å²) in [4.78, 5) is 0. The Balaban J connectivity index is 1.62. The van der Waals surface area contributed by atoms with Crippen molar-refractivity contribution in [3.8, 4) is 0 Å². The number of benzene rings is 1. The Kier molecular flexibility index (Phi) is 2.46. The van der Waals surface area contributed by atoms with Gasteiger partial charge in [-0.05, 0) is 18.4 Å². The van der Waals surface area contributed by atoms with Crippen LogP contribution in [0.4, 0.5) is 0 Å². The predicted molar refractivity (Wildman–Crippen MR) is 58.7 cm³/mol. The lowest BCUT2D eigenvalue weighted by Gasteiger charge is -2.29. The fourth-order valence-corrected chi connectivity index (χ4v) is 2.39. The highest BCUT2D eigenvalue weighted by molar-refractivity contribution is 5.13. The van der Waals surface area contributed by atoms with Crippen molar-refractivity contribution >= 4 is 0 Å². The van der Waals surface area contributed by atoms with Gasteiger partial charge in [0, 0.05) is 6.42 Å². The van der Waals surface area contributed by atoms with Gasteiger partial charge in [-0.1, -0.05) is 30.3 Å². The summed E-state index contributed by atoms with van der Waals surface area (Å²) in [6.07, 6.45) is 2.86. The van der Waals surface area contributed by atoms with Crippen LogP contribution in [0.5, 0.6) is 0 Å². The molecule has 3 atom stereocenters. The molecule has 3 nitrogen and oxygen atoms in total. The molecule has 1 saturated heterocycles. The van der Waals surface area contributed by atoms with Crippen molar-refractivity contribution in [2.45, 2.75) is 43.9 Å². The largest absolute Gasteiger partial charge is 0.364 e. The first kappa shape index (κ1) is 10.3. The van der Waals surface area contributed by atoms with Crippen LogP contribution < -0.4 is 0 Å². The summed E-state index contributed by atoms with van der Waals surface area (Å²) in [7, 11) is 0. The third-order valence-corrected chi connectivity index (χ3v) is 3.38. The van der Waals surface area contributed by atoms with E-state index >= 15 is 0 Å². The van der Waals surface area contributed by atoms with Crippen LogP contribution in [0, 0.1) is 0 Å². The molecule has 0 amide bonds. The van der Waals surface area contributed by atoms with E-state index in [1.54, 1.807) is 0 Å². The van der Waals surface area contributed by atoms with Gasteiger partial charge in [-0.25, -0.2) is 0 Å². The first-order valence-electron chi connectivity index (χ1n) is 5.84. The van der Waals surface area contributed by atoms with Crippen molar-refractivity contribution in [3.63, 3.8) is 0 Å². The summed E-state index contributed by atoms with van der Waals surface area (Å²) in [5.41, 5.74) is 1.08. The molecule has 2 fully saturated rings. The number of ether oxygens (including phenoxy) is 2. The Morgan fingerprint density at radius 1 is 1.38 bits per heavy atom. The monoisotopic (exact) mass is 220 g/mol. The summed E-state index contributed by atoms with van der Waals surface area (Å²) in [6, 6.07) is 9.91. The van der Waals surface area contributed by atoms with Crippen LogP contribution in [-0.2, 0) is 16.1 Å². The van der Waals surface area contributed by atoms with Gasteiger partial charge in [0.15, 0.2) is 5.79 Å². The van der Waals surface area contributed by atoms with Gasteiger partial charge in [0.2, 0.25) is 0 Å². The molecule has 0 radical (unpaired) electrons. The van der Waals surface area contributed by atoms with Crippen LogP contribution in [-0.4, -0.2) is 23.1 Å². The van der Waals surface area contributed by atoms with Gasteiger partial charge >= 0.3 is 0 Å². The molecule has 1 aliphatic heterocycles. The molecule has 1 aromatic carbocycles. The quantitative estimate of drug-likeness (QED) is 0.624. The first-order chi connectivity index (χ1) is 7.78. The smallest absolute Gasteiger partial charge is 0.195 e. The van der Waals surface area contributed by atoms with E-state index in [4.69, 9.17) is 9.47 Å². The third kappa shape index (κ3) is 1.86. The zero-order valence-electron chi connectivity index (χ0n) is 9.13. The van der Waals surface area contributed by atoms with Crippen LogP contribution in [0.3, 0.4) is 0 Å². The van der Waals surface area contributed by atoms with Gasteiger partial charge in [0.25, 0.3) is 0 Å². The maximum Gasteiger partial charge on any atom is 0.195 e. The van der Waals surface area contributed by atoms with Gasteiger partial charge in [-0.3, -0.25) is 0 Å². The Labute approximate surface area is 95.0 Å². The number of aliphatic hydroxyl groups is 1. The molecule has 3 rings (SSSR count).